The topological polar surface area (TPSA) is 0 Å². The number of hydrogen-bond donors (Lipinski definition) is 0. The lowest BCUT2D eigenvalue weighted by atomic mass is 10.1. The molecule has 1 aliphatic carbocycles. The summed E-state index contributed by atoms with van der Waals surface area (Å²) in [5.74, 6) is 2.30. The molecule has 0 heterocycles. The van der Waals surface area contributed by atoms with Crippen molar-refractivity contribution in [3.8, 4) is 0 Å². The summed E-state index contributed by atoms with van der Waals surface area (Å²) in [4.78, 5) is 0. The van der Waals surface area contributed by atoms with Gasteiger partial charge in [0.2, 0.25) is 0 Å². The van der Waals surface area contributed by atoms with E-state index in [0.29, 0.717) is 0 Å². The van der Waals surface area contributed by atoms with Crippen LogP contribution in [0.3, 0.4) is 0 Å². The highest BCUT2D eigenvalue weighted by Gasteiger charge is 2.37. The predicted octanol–water partition coefficient (Wildman–Crippen LogP) is 3.63. The summed E-state index contributed by atoms with van der Waals surface area (Å²) in [6, 6.07) is 8.72. The van der Waals surface area contributed by atoms with E-state index in [1.54, 1.807) is 0 Å². The average molecular weight is 293 g/mol. The number of benzene rings is 1. The van der Waals surface area contributed by atoms with Crippen LogP contribution in [0.4, 0.5) is 0 Å². The molecule has 0 aliphatic heterocycles. The van der Waals surface area contributed by atoms with Crippen LogP contribution in [0.1, 0.15) is 17.9 Å². The van der Waals surface area contributed by atoms with Crippen molar-refractivity contribution in [2.45, 2.75) is 12.3 Å². The molecule has 2 atom stereocenters. The highest BCUT2D eigenvalue weighted by atomic mass is 127. The fourth-order valence-electron chi connectivity index (χ4n) is 1.56. The fraction of sp³-hybridized carbons (Fsp3) is 0.400. The van der Waals surface area contributed by atoms with E-state index in [1.165, 1.54) is 15.6 Å². The monoisotopic (exact) mass is 292 g/mol. The fourth-order valence-corrected chi connectivity index (χ4v) is 2.47. The first-order valence-electron chi connectivity index (χ1n) is 4.12. The summed E-state index contributed by atoms with van der Waals surface area (Å²) < 4.78 is 1.32. The van der Waals surface area contributed by atoms with E-state index in [1.807, 2.05) is 0 Å². The molecule has 0 saturated heterocycles. The molecule has 1 saturated carbocycles. The Bertz CT molecular complexity index is 285. The van der Waals surface area contributed by atoms with Gasteiger partial charge in [-0.2, -0.15) is 0 Å². The van der Waals surface area contributed by atoms with Crippen LogP contribution in [-0.2, 0) is 0 Å². The molecule has 2 heteroatoms. The van der Waals surface area contributed by atoms with Gasteiger partial charge in [0.15, 0.2) is 0 Å². The molecule has 1 fully saturated rings. The normalized spacial score (nSPS) is 27.2. The third-order valence-corrected chi connectivity index (χ3v) is 3.46. The second kappa shape index (κ2) is 3.54. The zero-order valence-electron chi connectivity index (χ0n) is 6.63. The van der Waals surface area contributed by atoms with Crippen LogP contribution >= 0.6 is 34.2 Å². The molecule has 0 nitrogen and oxygen atoms in total. The van der Waals surface area contributed by atoms with Crippen molar-refractivity contribution in [1.82, 2.24) is 0 Å². The minimum atomic E-state index is 0.741. The van der Waals surface area contributed by atoms with E-state index in [-0.39, 0.29) is 0 Å². The SMILES string of the molecule is ClCC1CC1c1cccc(I)c1. The summed E-state index contributed by atoms with van der Waals surface area (Å²) in [5, 5.41) is 0. The Kier molecular flexibility index (Phi) is 2.60. The van der Waals surface area contributed by atoms with Crippen molar-refractivity contribution in [3.63, 3.8) is 0 Å². The molecule has 1 aromatic rings. The van der Waals surface area contributed by atoms with Crippen LogP contribution < -0.4 is 0 Å². The van der Waals surface area contributed by atoms with Gasteiger partial charge in [0.25, 0.3) is 0 Å². The van der Waals surface area contributed by atoms with E-state index in [0.717, 1.165) is 17.7 Å². The molecule has 12 heavy (non-hydrogen) atoms. The summed E-state index contributed by atoms with van der Waals surface area (Å²) in [6.45, 7) is 0. The van der Waals surface area contributed by atoms with Gasteiger partial charge in [-0.25, -0.2) is 0 Å². The molecule has 1 aliphatic rings. The lowest BCUT2D eigenvalue weighted by Gasteiger charge is -1.98. The molecule has 0 aromatic heterocycles. The first-order chi connectivity index (χ1) is 5.81. The summed E-state index contributed by atoms with van der Waals surface area (Å²) in [5.41, 5.74) is 1.47. The van der Waals surface area contributed by atoms with Gasteiger partial charge in [-0.15, -0.1) is 11.6 Å². The van der Waals surface area contributed by atoms with Crippen LogP contribution in [0, 0.1) is 9.49 Å². The number of hydrogen-bond acceptors (Lipinski definition) is 0. The maximum absolute atomic E-state index is 5.78. The molecule has 0 radical (unpaired) electrons. The molecule has 2 rings (SSSR count). The van der Waals surface area contributed by atoms with Gasteiger partial charge >= 0.3 is 0 Å². The largest absolute Gasteiger partial charge is 0.126 e. The molecule has 0 spiro atoms. The third-order valence-electron chi connectivity index (χ3n) is 2.40. The Balaban J connectivity index is 2.14. The van der Waals surface area contributed by atoms with Crippen molar-refractivity contribution in [1.29, 1.82) is 0 Å². The van der Waals surface area contributed by atoms with Gasteiger partial charge in [-0.3, -0.25) is 0 Å². The lowest BCUT2D eigenvalue weighted by Crippen LogP contribution is -1.84. The average Bonchev–Trinajstić information content (AvgIpc) is 2.83. The molecule has 2 unspecified atom stereocenters. The van der Waals surface area contributed by atoms with E-state index in [9.17, 15) is 0 Å². The first kappa shape index (κ1) is 8.82. The number of halogens is 2. The minimum Gasteiger partial charge on any atom is -0.126 e. The molecule has 1 aromatic carbocycles. The van der Waals surface area contributed by atoms with Crippen molar-refractivity contribution < 1.29 is 0 Å². The highest BCUT2D eigenvalue weighted by molar-refractivity contribution is 14.1. The Hall–Kier alpha value is 0.240. The predicted molar refractivity (Wildman–Crippen MR) is 60.7 cm³/mol. The molecule has 0 bridgehead atoms. The van der Waals surface area contributed by atoms with Crippen molar-refractivity contribution in [3.05, 3.63) is 33.4 Å². The molecular formula is C10H10ClI. The summed E-state index contributed by atoms with van der Waals surface area (Å²) >= 11 is 8.13. The standard InChI is InChI=1S/C10H10ClI/c11-6-8-5-10(8)7-2-1-3-9(12)4-7/h1-4,8,10H,5-6H2. The maximum Gasteiger partial charge on any atom is 0.0257 e. The zero-order valence-corrected chi connectivity index (χ0v) is 9.55. The van der Waals surface area contributed by atoms with Crippen molar-refractivity contribution in [2.24, 2.45) is 5.92 Å². The van der Waals surface area contributed by atoms with Crippen LogP contribution in [0.2, 0.25) is 0 Å². The molecule has 64 valence electrons. The van der Waals surface area contributed by atoms with Crippen LogP contribution in [0.5, 0.6) is 0 Å². The van der Waals surface area contributed by atoms with Gasteiger partial charge in [0.05, 0.1) is 0 Å². The number of rotatable bonds is 2. The molecule has 0 N–H and O–H groups in total. The van der Waals surface area contributed by atoms with Gasteiger partial charge in [0.1, 0.15) is 0 Å². The number of alkyl halides is 1. The Labute approximate surface area is 91.5 Å². The van der Waals surface area contributed by atoms with Gasteiger partial charge < -0.3 is 0 Å². The van der Waals surface area contributed by atoms with Gasteiger partial charge in [0, 0.05) is 9.45 Å². The van der Waals surface area contributed by atoms with Crippen LogP contribution in [-0.4, -0.2) is 5.88 Å². The summed E-state index contributed by atoms with van der Waals surface area (Å²) in [7, 11) is 0. The Morgan fingerprint density at radius 1 is 1.50 bits per heavy atom. The highest BCUT2D eigenvalue weighted by Crippen LogP contribution is 2.48. The third kappa shape index (κ3) is 1.77. The van der Waals surface area contributed by atoms with Crippen LogP contribution in [0.15, 0.2) is 24.3 Å². The Morgan fingerprint density at radius 3 is 2.92 bits per heavy atom. The van der Waals surface area contributed by atoms with E-state index < -0.39 is 0 Å². The smallest absolute Gasteiger partial charge is 0.0257 e. The van der Waals surface area contributed by atoms with Crippen molar-refractivity contribution >= 4 is 34.2 Å². The quantitative estimate of drug-likeness (QED) is 0.577. The van der Waals surface area contributed by atoms with Gasteiger partial charge in [-0.1, -0.05) is 12.1 Å². The zero-order chi connectivity index (χ0) is 8.55. The Morgan fingerprint density at radius 2 is 2.33 bits per heavy atom. The minimum absolute atomic E-state index is 0.741. The molecule has 0 amide bonds. The maximum atomic E-state index is 5.78. The van der Waals surface area contributed by atoms with E-state index in [4.69, 9.17) is 11.6 Å². The van der Waals surface area contributed by atoms with E-state index in [2.05, 4.69) is 46.9 Å². The van der Waals surface area contributed by atoms with Crippen molar-refractivity contribution in [2.75, 3.05) is 5.88 Å². The second-order valence-electron chi connectivity index (χ2n) is 3.31. The lowest BCUT2D eigenvalue weighted by molar-refractivity contribution is 0.923. The van der Waals surface area contributed by atoms with Gasteiger partial charge in [-0.05, 0) is 58.5 Å². The molecular weight excluding hydrogens is 282 g/mol. The second-order valence-corrected chi connectivity index (χ2v) is 4.87. The first-order valence-corrected chi connectivity index (χ1v) is 5.74. The van der Waals surface area contributed by atoms with E-state index >= 15 is 0 Å². The summed E-state index contributed by atoms with van der Waals surface area (Å²) in [6.07, 6.45) is 1.28. The van der Waals surface area contributed by atoms with Crippen LogP contribution in [0.25, 0.3) is 0 Å².